The average molecular weight is 319 g/mol. The zero-order valence-electron chi connectivity index (χ0n) is 11.8. The molecule has 18 heavy (non-hydrogen) atoms. The highest BCUT2D eigenvalue weighted by Crippen LogP contribution is 2.16. The van der Waals surface area contributed by atoms with Gasteiger partial charge in [-0.25, -0.2) is 4.79 Å². The molecule has 0 spiro atoms. The normalized spacial score (nSPS) is 13.6. The van der Waals surface area contributed by atoms with E-state index < -0.39 is 5.97 Å². The molecule has 0 aromatic carbocycles. The molecule has 1 N–H and O–H groups in total. The predicted molar refractivity (Wildman–Crippen MR) is 81.3 cm³/mol. The maximum Gasteiger partial charge on any atom is 0.330 e. The van der Waals surface area contributed by atoms with Crippen LogP contribution in [0.15, 0.2) is 11.6 Å². The summed E-state index contributed by atoms with van der Waals surface area (Å²) < 4.78 is 0. The molecule has 1 atom stereocenters. The molecule has 3 heteroatoms. The fraction of sp³-hybridized carbons (Fsp3) is 0.800. The number of hydrogen-bond acceptors (Lipinski definition) is 1. The monoisotopic (exact) mass is 318 g/mol. The zero-order chi connectivity index (χ0) is 13.8. The van der Waals surface area contributed by atoms with Gasteiger partial charge in [-0.3, -0.25) is 0 Å². The molecule has 0 aliphatic rings. The summed E-state index contributed by atoms with van der Waals surface area (Å²) in [5.74, 6) is -0.824. The van der Waals surface area contributed by atoms with Crippen LogP contribution in [-0.4, -0.2) is 15.9 Å². The first-order chi connectivity index (χ1) is 8.57. The van der Waals surface area contributed by atoms with E-state index in [2.05, 4.69) is 22.9 Å². The van der Waals surface area contributed by atoms with Gasteiger partial charge in [0.15, 0.2) is 0 Å². The van der Waals surface area contributed by atoms with Crippen molar-refractivity contribution in [1.29, 1.82) is 0 Å². The van der Waals surface area contributed by atoms with Crippen LogP contribution >= 0.6 is 15.9 Å². The van der Waals surface area contributed by atoms with E-state index in [1.165, 1.54) is 51.4 Å². The van der Waals surface area contributed by atoms with Gasteiger partial charge in [0, 0.05) is 10.4 Å². The van der Waals surface area contributed by atoms with E-state index in [1.807, 2.05) is 0 Å². The van der Waals surface area contributed by atoms with Crippen LogP contribution in [-0.2, 0) is 4.79 Å². The Morgan fingerprint density at radius 2 is 1.61 bits per heavy atom. The number of halogens is 1. The van der Waals surface area contributed by atoms with Crippen LogP contribution in [0.4, 0.5) is 0 Å². The van der Waals surface area contributed by atoms with E-state index in [9.17, 15) is 4.79 Å². The summed E-state index contributed by atoms with van der Waals surface area (Å²) in [6.45, 7) is 3.88. The lowest BCUT2D eigenvalue weighted by Gasteiger charge is -2.05. The van der Waals surface area contributed by atoms with Crippen molar-refractivity contribution in [3.8, 4) is 0 Å². The number of aliphatic carboxylic acids is 1. The smallest absolute Gasteiger partial charge is 0.330 e. The Hall–Kier alpha value is -0.310. The Morgan fingerprint density at radius 3 is 2.11 bits per heavy atom. The van der Waals surface area contributed by atoms with Gasteiger partial charge >= 0.3 is 5.97 Å². The first-order valence-corrected chi connectivity index (χ1v) is 8.05. The van der Waals surface area contributed by atoms with Crippen LogP contribution in [0, 0.1) is 0 Å². The van der Waals surface area contributed by atoms with Crippen molar-refractivity contribution in [3.05, 3.63) is 11.6 Å². The van der Waals surface area contributed by atoms with Crippen LogP contribution < -0.4 is 0 Å². The van der Waals surface area contributed by atoms with Gasteiger partial charge in [-0.1, -0.05) is 80.3 Å². The van der Waals surface area contributed by atoms with Gasteiger partial charge in [0.05, 0.1) is 0 Å². The predicted octanol–water partition coefficient (Wildman–Crippen LogP) is 5.31. The van der Waals surface area contributed by atoms with Gasteiger partial charge < -0.3 is 5.11 Å². The molecule has 1 unspecified atom stereocenters. The lowest BCUT2D eigenvalue weighted by atomic mass is 10.1. The lowest BCUT2D eigenvalue weighted by Crippen LogP contribution is -2.01. The largest absolute Gasteiger partial charge is 0.478 e. The van der Waals surface area contributed by atoms with Crippen LogP contribution in [0.3, 0.4) is 0 Å². The fourth-order valence-electron chi connectivity index (χ4n) is 1.90. The van der Waals surface area contributed by atoms with E-state index in [-0.39, 0.29) is 4.83 Å². The maximum atomic E-state index is 10.6. The highest BCUT2D eigenvalue weighted by atomic mass is 79.9. The van der Waals surface area contributed by atoms with Gasteiger partial charge in [-0.15, -0.1) is 0 Å². The molecule has 0 aliphatic heterocycles. The molecule has 0 fully saturated rings. The van der Waals surface area contributed by atoms with E-state index in [0.717, 1.165) is 6.42 Å². The number of unbranched alkanes of at least 4 members (excludes halogenated alkanes) is 7. The van der Waals surface area contributed by atoms with Crippen LogP contribution in [0.1, 0.15) is 71.6 Å². The second kappa shape index (κ2) is 11.8. The van der Waals surface area contributed by atoms with E-state index in [0.29, 0.717) is 5.57 Å². The standard InChI is InChI=1S/C15H27BrO2/c1-3-4-5-6-7-8-9-10-11-14(16)12-13(2)15(17)18/h12,14H,3-11H2,1-2H3,(H,17,18). The van der Waals surface area contributed by atoms with E-state index in [1.54, 1.807) is 13.0 Å². The minimum Gasteiger partial charge on any atom is -0.478 e. The van der Waals surface area contributed by atoms with Crippen LogP contribution in [0.25, 0.3) is 0 Å². The van der Waals surface area contributed by atoms with Crippen molar-refractivity contribution < 1.29 is 9.90 Å². The van der Waals surface area contributed by atoms with Crippen LogP contribution in [0.5, 0.6) is 0 Å². The molecule has 0 rings (SSSR count). The summed E-state index contributed by atoms with van der Waals surface area (Å²) in [6, 6.07) is 0. The molecule has 0 radical (unpaired) electrons. The molecule has 0 amide bonds. The molecule has 106 valence electrons. The first-order valence-electron chi connectivity index (χ1n) is 7.13. The van der Waals surface area contributed by atoms with E-state index in [4.69, 9.17) is 5.11 Å². The lowest BCUT2D eigenvalue weighted by molar-refractivity contribution is -0.132. The summed E-state index contributed by atoms with van der Waals surface area (Å²) in [5, 5.41) is 8.75. The number of rotatable bonds is 11. The maximum absolute atomic E-state index is 10.6. The molecule has 0 aromatic rings. The third-order valence-corrected chi connectivity index (χ3v) is 3.82. The third kappa shape index (κ3) is 10.8. The second-order valence-electron chi connectivity index (χ2n) is 4.93. The minimum atomic E-state index is -0.824. The minimum absolute atomic E-state index is 0.202. The molecule has 0 heterocycles. The topological polar surface area (TPSA) is 37.3 Å². The fourth-order valence-corrected chi connectivity index (χ4v) is 2.62. The number of allylic oxidation sites excluding steroid dienone is 1. The number of carbonyl (C=O) groups is 1. The van der Waals surface area contributed by atoms with Gasteiger partial charge in [-0.2, -0.15) is 0 Å². The zero-order valence-corrected chi connectivity index (χ0v) is 13.3. The van der Waals surface area contributed by atoms with Crippen molar-refractivity contribution in [1.82, 2.24) is 0 Å². The molecule has 2 nitrogen and oxygen atoms in total. The molecular weight excluding hydrogens is 292 g/mol. The van der Waals surface area contributed by atoms with Crippen molar-refractivity contribution in [3.63, 3.8) is 0 Å². The molecule has 0 aromatic heterocycles. The summed E-state index contributed by atoms with van der Waals surface area (Å²) in [7, 11) is 0. The first kappa shape index (κ1) is 17.7. The average Bonchev–Trinajstić information content (AvgIpc) is 2.32. The summed E-state index contributed by atoms with van der Waals surface area (Å²) in [4.78, 5) is 10.8. The summed E-state index contributed by atoms with van der Waals surface area (Å²) >= 11 is 3.51. The van der Waals surface area contributed by atoms with Gasteiger partial charge in [-0.05, 0) is 13.3 Å². The highest BCUT2D eigenvalue weighted by Gasteiger charge is 2.05. The molecular formula is C15H27BrO2. The number of carboxylic acid groups (broad SMARTS) is 1. The molecule has 0 bridgehead atoms. The summed E-state index contributed by atoms with van der Waals surface area (Å²) in [6.07, 6.45) is 13.3. The van der Waals surface area contributed by atoms with Gasteiger partial charge in [0.25, 0.3) is 0 Å². The Kier molecular flexibility index (Phi) is 11.6. The third-order valence-electron chi connectivity index (χ3n) is 3.10. The highest BCUT2D eigenvalue weighted by molar-refractivity contribution is 9.09. The SMILES string of the molecule is CCCCCCCCCCC(Br)C=C(C)C(=O)O. The van der Waals surface area contributed by atoms with Crippen molar-refractivity contribution in [2.45, 2.75) is 76.5 Å². The Balaban J connectivity index is 3.43. The van der Waals surface area contributed by atoms with Crippen LogP contribution in [0.2, 0.25) is 0 Å². The van der Waals surface area contributed by atoms with Crippen molar-refractivity contribution >= 4 is 21.9 Å². The Morgan fingerprint density at radius 1 is 1.11 bits per heavy atom. The van der Waals surface area contributed by atoms with Crippen molar-refractivity contribution in [2.24, 2.45) is 0 Å². The molecule has 0 aliphatic carbocycles. The number of alkyl halides is 1. The Bertz CT molecular complexity index is 249. The number of hydrogen-bond donors (Lipinski definition) is 1. The second-order valence-corrected chi connectivity index (χ2v) is 6.11. The van der Waals surface area contributed by atoms with E-state index >= 15 is 0 Å². The van der Waals surface area contributed by atoms with Gasteiger partial charge in [0.2, 0.25) is 0 Å². The molecule has 0 saturated carbocycles. The Labute approximate surface area is 120 Å². The van der Waals surface area contributed by atoms with Gasteiger partial charge in [0.1, 0.15) is 0 Å². The summed E-state index contributed by atoms with van der Waals surface area (Å²) in [5.41, 5.74) is 0.427. The van der Waals surface area contributed by atoms with Crippen molar-refractivity contribution in [2.75, 3.05) is 0 Å². The number of carboxylic acids is 1. The molecule has 0 saturated heterocycles. The quantitative estimate of drug-likeness (QED) is 0.318.